The van der Waals surface area contributed by atoms with Crippen molar-refractivity contribution in [3.05, 3.63) is 29.8 Å². The van der Waals surface area contributed by atoms with Gasteiger partial charge in [0.1, 0.15) is 0 Å². The molecule has 0 aromatic heterocycles. The van der Waals surface area contributed by atoms with Crippen LogP contribution in [0.4, 0.5) is 5.69 Å². The third-order valence-corrected chi connectivity index (χ3v) is 5.58. The van der Waals surface area contributed by atoms with Gasteiger partial charge in [0, 0.05) is 18.7 Å². The first-order chi connectivity index (χ1) is 12.2. The minimum atomic E-state index is -0.0972. The molecule has 0 fully saturated rings. The molecule has 1 heterocycles. The lowest BCUT2D eigenvalue weighted by Crippen LogP contribution is -2.31. The Balaban J connectivity index is 2.06. The SMILES string of the molecule is CCCC(CCN)C[C@@H](CCC(=O)OC)[C@H]1CNc2ccccc2C1. The monoisotopic (exact) mass is 346 g/mol. The van der Waals surface area contributed by atoms with Crippen LogP contribution in [0.2, 0.25) is 0 Å². The van der Waals surface area contributed by atoms with E-state index in [1.165, 1.54) is 31.2 Å². The number of nitrogens with two attached hydrogens (primary N) is 1. The number of carbonyl (C=O) groups is 1. The van der Waals surface area contributed by atoms with Crippen molar-refractivity contribution in [2.75, 3.05) is 25.5 Å². The summed E-state index contributed by atoms with van der Waals surface area (Å²) in [6.45, 7) is 3.98. The number of methoxy groups -OCH3 is 1. The molecule has 4 nitrogen and oxygen atoms in total. The molecule has 0 bridgehead atoms. The first-order valence-corrected chi connectivity index (χ1v) is 9.76. The average Bonchev–Trinajstić information content (AvgIpc) is 2.64. The van der Waals surface area contributed by atoms with Crippen molar-refractivity contribution in [3.63, 3.8) is 0 Å². The molecule has 0 radical (unpaired) electrons. The number of nitrogens with one attached hydrogen (secondary N) is 1. The Bertz CT molecular complexity index is 526. The number of fused-ring (bicyclic) bond motifs is 1. The van der Waals surface area contributed by atoms with Gasteiger partial charge >= 0.3 is 5.97 Å². The van der Waals surface area contributed by atoms with E-state index in [9.17, 15) is 4.79 Å². The Hall–Kier alpha value is -1.55. The van der Waals surface area contributed by atoms with Gasteiger partial charge in [-0.15, -0.1) is 0 Å². The zero-order valence-electron chi connectivity index (χ0n) is 15.8. The van der Waals surface area contributed by atoms with E-state index >= 15 is 0 Å². The van der Waals surface area contributed by atoms with E-state index in [0.717, 1.165) is 38.8 Å². The summed E-state index contributed by atoms with van der Waals surface area (Å²) >= 11 is 0. The fraction of sp³-hybridized carbons (Fsp3) is 0.667. The van der Waals surface area contributed by atoms with E-state index in [4.69, 9.17) is 10.5 Å². The van der Waals surface area contributed by atoms with Crippen molar-refractivity contribution >= 4 is 11.7 Å². The molecule has 0 aliphatic carbocycles. The molecular formula is C21H34N2O2. The van der Waals surface area contributed by atoms with Gasteiger partial charge in [-0.2, -0.15) is 0 Å². The first-order valence-electron chi connectivity index (χ1n) is 9.76. The highest BCUT2D eigenvalue weighted by molar-refractivity contribution is 5.69. The summed E-state index contributed by atoms with van der Waals surface area (Å²) in [5, 5.41) is 3.59. The average molecular weight is 347 g/mol. The maximum absolute atomic E-state index is 11.7. The molecule has 1 aliphatic rings. The highest BCUT2D eigenvalue weighted by atomic mass is 16.5. The first kappa shape index (κ1) is 19.8. The Morgan fingerprint density at radius 2 is 2.12 bits per heavy atom. The van der Waals surface area contributed by atoms with E-state index in [2.05, 4.69) is 36.5 Å². The van der Waals surface area contributed by atoms with Crippen LogP contribution in [0.1, 0.15) is 51.0 Å². The molecule has 1 unspecified atom stereocenters. The Labute approximate surface area is 152 Å². The van der Waals surface area contributed by atoms with Gasteiger partial charge in [-0.25, -0.2) is 0 Å². The van der Waals surface area contributed by atoms with Crippen LogP contribution in [-0.4, -0.2) is 26.2 Å². The van der Waals surface area contributed by atoms with Crippen molar-refractivity contribution in [1.29, 1.82) is 0 Å². The van der Waals surface area contributed by atoms with Crippen LogP contribution in [0.25, 0.3) is 0 Å². The van der Waals surface area contributed by atoms with Crippen molar-refractivity contribution in [3.8, 4) is 0 Å². The van der Waals surface area contributed by atoms with Crippen LogP contribution in [-0.2, 0) is 16.0 Å². The van der Waals surface area contributed by atoms with E-state index in [-0.39, 0.29) is 5.97 Å². The molecule has 0 amide bonds. The number of hydrogen-bond acceptors (Lipinski definition) is 4. The number of hydrogen-bond donors (Lipinski definition) is 2. The molecule has 1 aromatic carbocycles. The number of esters is 1. The van der Waals surface area contributed by atoms with Crippen LogP contribution < -0.4 is 11.1 Å². The Kier molecular flexibility index (Phi) is 8.26. The fourth-order valence-electron chi connectivity index (χ4n) is 4.20. The third kappa shape index (κ3) is 6.03. The van der Waals surface area contributed by atoms with Crippen LogP contribution >= 0.6 is 0 Å². The van der Waals surface area contributed by atoms with Crippen LogP contribution in [0.5, 0.6) is 0 Å². The number of rotatable bonds is 10. The predicted octanol–water partition coefficient (Wildman–Crippen LogP) is 4.00. The van der Waals surface area contributed by atoms with Gasteiger partial charge in [-0.1, -0.05) is 38.0 Å². The molecule has 2 rings (SSSR count). The van der Waals surface area contributed by atoms with Gasteiger partial charge in [0.2, 0.25) is 0 Å². The Morgan fingerprint density at radius 3 is 2.84 bits per heavy atom. The van der Waals surface area contributed by atoms with Crippen LogP contribution in [0.3, 0.4) is 0 Å². The number of ether oxygens (including phenoxy) is 1. The van der Waals surface area contributed by atoms with E-state index in [1.54, 1.807) is 0 Å². The van der Waals surface area contributed by atoms with Gasteiger partial charge in [0.25, 0.3) is 0 Å². The van der Waals surface area contributed by atoms with Gasteiger partial charge < -0.3 is 15.8 Å². The van der Waals surface area contributed by atoms with Crippen molar-refractivity contribution < 1.29 is 9.53 Å². The second kappa shape index (κ2) is 10.4. The molecule has 3 N–H and O–H groups in total. The lowest BCUT2D eigenvalue weighted by molar-refractivity contribution is -0.141. The zero-order valence-corrected chi connectivity index (χ0v) is 15.8. The smallest absolute Gasteiger partial charge is 0.305 e. The Morgan fingerprint density at radius 1 is 1.32 bits per heavy atom. The van der Waals surface area contributed by atoms with Gasteiger partial charge in [0.15, 0.2) is 0 Å². The summed E-state index contributed by atoms with van der Waals surface area (Å²) in [5.41, 5.74) is 8.49. The van der Waals surface area contributed by atoms with Gasteiger partial charge in [-0.3, -0.25) is 4.79 Å². The topological polar surface area (TPSA) is 64.4 Å². The fourth-order valence-corrected chi connectivity index (χ4v) is 4.20. The zero-order chi connectivity index (χ0) is 18.1. The van der Waals surface area contributed by atoms with Crippen LogP contribution in [0, 0.1) is 17.8 Å². The second-order valence-electron chi connectivity index (χ2n) is 7.34. The molecule has 25 heavy (non-hydrogen) atoms. The third-order valence-electron chi connectivity index (χ3n) is 5.58. The minimum absolute atomic E-state index is 0.0972. The molecule has 0 saturated heterocycles. The number of benzene rings is 1. The number of para-hydroxylation sites is 1. The van der Waals surface area contributed by atoms with E-state index in [0.29, 0.717) is 24.2 Å². The summed E-state index contributed by atoms with van der Waals surface area (Å²) < 4.78 is 4.87. The molecule has 0 saturated carbocycles. The molecule has 0 spiro atoms. The summed E-state index contributed by atoms with van der Waals surface area (Å²) in [7, 11) is 1.48. The minimum Gasteiger partial charge on any atom is -0.469 e. The highest BCUT2D eigenvalue weighted by Gasteiger charge is 2.28. The normalized spacial score (nSPS) is 18.8. The maximum Gasteiger partial charge on any atom is 0.305 e. The largest absolute Gasteiger partial charge is 0.469 e. The molecule has 1 aliphatic heterocycles. The lowest BCUT2D eigenvalue weighted by Gasteiger charge is -2.34. The highest BCUT2D eigenvalue weighted by Crippen LogP contribution is 2.35. The molecule has 3 atom stereocenters. The van der Waals surface area contributed by atoms with E-state index in [1.807, 2.05) is 0 Å². The summed E-state index contributed by atoms with van der Waals surface area (Å²) in [4.78, 5) is 11.7. The van der Waals surface area contributed by atoms with Gasteiger partial charge in [0.05, 0.1) is 7.11 Å². The predicted molar refractivity (Wildman–Crippen MR) is 104 cm³/mol. The summed E-state index contributed by atoms with van der Waals surface area (Å²) in [6, 6.07) is 8.57. The molecular weight excluding hydrogens is 312 g/mol. The number of carbonyl (C=O) groups excluding carboxylic acids is 1. The molecule has 4 heteroatoms. The van der Waals surface area contributed by atoms with Gasteiger partial charge in [-0.05, 0) is 61.6 Å². The quantitative estimate of drug-likeness (QED) is 0.629. The van der Waals surface area contributed by atoms with E-state index < -0.39 is 0 Å². The van der Waals surface area contributed by atoms with Crippen molar-refractivity contribution in [2.45, 2.75) is 51.9 Å². The van der Waals surface area contributed by atoms with Crippen molar-refractivity contribution in [1.82, 2.24) is 0 Å². The lowest BCUT2D eigenvalue weighted by atomic mass is 9.75. The van der Waals surface area contributed by atoms with Crippen LogP contribution in [0.15, 0.2) is 24.3 Å². The standard InChI is InChI=1S/C21H34N2O2/c1-3-6-16(11-12-22)13-17(9-10-21(24)25-2)19-14-18-7-4-5-8-20(18)23-15-19/h4-5,7-8,16-17,19,23H,3,6,9-15,22H2,1-2H3/t16?,17-,19-/m1/s1. The van der Waals surface area contributed by atoms with Crippen molar-refractivity contribution in [2.24, 2.45) is 23.5 Å². The summed E-state index contributed by atoms with van der Waals surface area (Å²) in [5.74, 6) is 1.66. The summed E-state index contributed by atoms with van der Waals surface area (Å²) in [6.07, 6.45) is 7.18. The number of anilines is 1. The maximum atomic E-state index is 11.7. The molecule has 1 aromatic rings. The second-order valence-corrected chi connectivity index (χ2v) is 7.34. The molecule has 140 valence electrons.